The van der Waals surface area contributed by atoms with Crippen molar-refractivity contribution in [2.24, 2.45) is 0 Å². The van der Waals surface area contributed by atoms with E-state index in [-0.39, 0.29) is 5.54 Å². The number of nitrogens with zero attached hydrogens (tertiary/aromatic N) is 6. The number of aryl methyl sites for hydroxylation is 1. The lowest BCUT2D eigenvalue weighted by atomic mass is 10.0. The van der Waals surface area contributed by atoms with Gasteiger partial charge in [0.15, 0.2) is 12.4 Å². The van der Waals surface area contributed by atoms with Crippen molar-refractivity contribution in [1.82, 2.24) is 19.8 Å². The zero-order valence-electron chi connectivity index (χ0n) is 25.1. The molecule has 1 saturated carbocycles. The summed E-state index contributed by atoms with van der Waals surface area (Å²) >= 11 is 0. The number of nitrogen functional groups attached to an aromatic ring is 1. The molecule has 3 fully saturated rings. The van der Waals surface area contributed by atoms with Crippen molar-refractivity contribution in [1.29, 1.82) is 0 Å². The number of ether oxygens (including phenoxy) is 1. The number of nitrogens with two attached hydrogens (primary N) is 2. The minimum Gasteiger partial charge on any atom is -0.462 e. The number of piperazine rings is 1. The van der Waals surface area contributed by atoms with Crippen LogP contribution in [0.1, 0.15) is 55.0 Å². The molecular formula is C31H44FN8O2+. The normalized spacial score (nSPS) is 22.6. The summed E-state index contributed by atoms with van der Waals surface area (Å²) in [6, 6.07) is 4.72. The van der Waals surface area contributed by atoms with Crippen LogP contribution in [-0.4, -0.2) is 103 Å². The third kappa shape index (κ3) is 5.27. The summed E-state index contributed by atoms with van der Waals surface area (Å²) in [6.07, 6.45) is 5.77. The first-order valence-corrected chi connectivity index (χ1v) is 15.3. The molecule has 42 heavy (non-hydrogen) atoms. The van der Waals surface area contributed by atoms with Crippen molar-refractivity contribution in [3.8, 4) is 6.01 Å². The van der Waals surface area contributed by atoms with Crippen LogP contribution in [0.3, 0.4) is 0 Å². The Morgan fingerprint density at radius 3 is 2.69 bits per heavy atom. The van der Waals surface area contributed by atoms with Crippen molar-refractivity contribution in [2.75, 3.05) is 68.5 Å². The molecule has 2 saturated heterocycles. The molecule has 2 unspecified atom stereocenters. The lowest BCUT2D eigenvalue weighted by Crippen LogP contribution is -2.58. The molecule has 4 N–H and O–H groups in total. The maximum absolute atomic E-state index is 14.0. The highest BCUT2D eigenvalue weighted by Gasteiger charge is 2.53. The van der Waals surface area contributed by atoms with Crippen molar-refractivity contribution < 1.29 is 19.3 Å². The van der Waals surface area contributed by atoms with Crippen LogP contribution in [0.2, 0.25) is 0 Å². The standard InChI is InChI=1S/C31H43FN8O2/c1-20-6-7-25(34)24(17-33)27(20)38-13-8-23-26(9-14-38)35-30(42-18-22-5-4-12-37(22)3)36-28(23)40-16-15-39(29(41)21(2)32)19-31(40)10-11-31/h6-7,17,21-22,33H,4-5,8-16,18-19,34H2,1-3H3/p+1. The summed E-state index contributed by atoms with van der Waals surface area (Å²) in [4.78, 5) is 31.4. The molecule has 2 atom stereocenters. The van der Waals surface area contributed by atoms with E-state index in [1.54, 1.807) is 11.1 Å². The Kier molecular flexibility index (Phi) is 7.72. The number of carbonyl (C=O) groups is 1. The number of likely N-dealkylation sites (tertiary alicyclic amines) is 1. The van der Waals surface area contributed by atoms with Gasteiger partial charge in [-0.1, -0.05) is 6.07 Å². The number of fused-ring (bicyclic) bond motifs is 1. The average Bonchev–Trinajstić information content (AvgIpc) is 3.67. The van der Waals surface area contributed by atoms with Crippen LogP contribution in [0.15, 0.2) is 12.1 Å². The summed E-state index contributed by atoms with van der Waals surface area (Å²) in [7, 11) is 2.14. The van der Waals surface area contributed by atoms with Crippen LogP contribution in [0.25, 0.3) is 0 Å². The number of hydrogen-bond acceptors (Lipinski definition) is 8. The minimum atomic E-state index is -1.49. The molecule has 1 aliphatic carbocycles. The van der Waals surface area contributed by atoms with E-state index in [2.05, 4.69) is 28.7 Å². The van der Waals surface area contributed by atoms with Gasteiger partial charge in [-0.2, -0.15) is 9.97 Å². The molecule has 226 valence electrons. The molecule has 6 rings (SSSR count). The SMILES string of the molecule is Cc1ccc(N)c(C=[NH2+])c1N1CCc2nc(OCC3CCCN3C)nc(N3CCN(C(=O)C(C)F)CC34CC4)c2CC1. The third-order valence-corrected chi connectivity index (χ3v) is 9.70. The van der Waals surface area contributed by atoms with Crippen LogP contribution < -0.4 is 25.7 Å². The summed E-state index contributed by atoms with van der Waals surface area (Å²) in [6.45, 7) is 8.19. The Balaban J connectivity index is 1.33. The lowest BCUT2D eigenvalue weighted by molar-refractivity contribution is -0.137. The van der Waals surface area contributed by atoms with Gasteiger partial charge in [-0.15, -0.1) is 0 Å². The molecule has 10 nitrogen and oxygen atoms in total. The van der Waals surface area contributed by atoms with Crippen molar-refractivity contribution in [2.45, 2.75) is 70.1 Å². The van der Waals surface area contributed by atoms with E-state index in [4.69, 9.17) is 25.8 Å². The van der Waals surface area contributed by atoms with E-state index in [1.807, 2.05) is 12.1 Å². The van der Waals surface area contributed by atoms with Crippen LogP contribution in [0, 0.1) is 6.92 Å². The Morgan fingerprint density at radius 1 is 1.21 bits per heavy atom. The quantitative estimate of drug-likeness (QED) is 0.371. The van der Waals surface area contributed by atoms with Gasteiger partial charge in [-0.25, -0.2) is 4.39 Å². The van der Waals surface area contributed by atoms with Gasteiger partial charge in [0.2, 0.25) is 0 Å². The molecule has 1 spiro atoms. The molecule has 3 aliphatic heterocycles. The molecular weight excluding hydrogens is 535 g/mol. The molecule has 4 heterocycles. The molecule has 1 aromatic heterocycles. The van der Waals surface area contributed by atoms with E-state index in [9.17, 15) is 9.18 Å². The Labute approximate surface area is 247 Å². The zero-order chi connectivity index (χ0) is 29.6. The van der Waals surface area contributed by atoms with E-state index < -0.39 is 12.1 Å². The summed E-state index contributed by atoms with van der Waals surface area (Å²) in [5.74, 6) is 0.484. The number of hydrogen-bond donors (Lipinski definition) is 2. The fourth-order valence-electron chi connectivity index (χ4n) is 7.08. The van der Waals surface area contributed by atoms with Crippen LogP contribution in [-0.2, 0) is 17.6 Å². The monoisotopic (exact) mass is 579 g/mol. The fraction of sp³-hybridized carbons (Fsp3) is 0.613. The summed E-state index contributed by atoms with van der Waals surface area (Å²) in [5, 5.41) is 6.04. The molecule has 4 aliphatic rings. The Bertz CT molecular complexity index is 1360. The molecule has 0 bridgehead atoms. The third-order valence-electron chi connectivity index (χ3n) is 9.70. The molecule has 0 radical (unpaired) electrons. The second-order valence-electron chi connectivity index (χ2n) is 12.5. The maximum Gasteiger partial charge on any atom is 0.318 e. The number of anilines is 3. The number of amides is 1. The number of rotatable bonds is 7. The zero-order valence-corrected chi connectivity index (χ0v) is 25.1. The van der Waals surface area contributed by atoms with Gasteiger partial charge in [0.1, 0.15) is 12.4 Å². The van der Waals surface area contributed by atoms with Crippen molar-refractivity contribution in [3.63, 3.8) is 0 Å². The highest BCUT2D eigenvalue weighted by Crippen LogP contribution is 2.48. The van der Waals surface area contributed by atoms with Gasteiger partial charge in [0.25, 0.3) is 5.91 Å². The van der Waals surface area contributed by atoms with Crippen molar-refractivity contribution in [3.05, 3.63) is 34.5 Å². The van der Waals surface area contributed by atoms with E-state index in [0.29, 0.717) is 44.0 Å². The van der Waals surface area contributed by atoms with Crippen molar-refractivity contribution >= 4 is 29.3 Å². The number of benzene rings is 1. The van der Waals surface area contributed by atoms with Crippen LogP contribution in [0.5, 0.6) is 6.01 Å². The Morgan fingerprint density at radius 2 is 2.00 bits per heavy atom. The smallest absolute Gasteiger partial charge is 0.318 e. The first-order chi connectivity index (χ1) is 20.2. The summed E-state index contributed by atoms with van der Waals surface area (Å²) < 4.78 is 20.3. The van der Waals surface area contributed by atoms with E-state index in [0.717, 1.165) is 85.6 Å². The molecule has 11 heteroatoms. The van der Waals surface area contributed by atoms with Crippen LogP contribution >= 0.6 is 0 Å². The maximum atomic E-state index is 14.0. The largest absolute Gasteiger partial charge is 0.462 e. The lowest BCUT2D eigenvalue weighted by Gasteiger charge is -2.43. The number of alkyl halides is 1. The fourth-order valence-corrected chi connectivity index (χ4v) is 7.08. The first kappa shape index (κ1) is 28.6. The van der Waals surface area contributed by atoms with E-state index in [1.165, 1.54) is 13.3 Å². The summed E-state index contributed by atoms with van der Waals surface area (Å²) in [5.41, 5.74) is 11.9. The van der Waals surface area contributed by atoms with Gasteiger partial charge in [0.05, 0.1) is 22.5 Å². The predicted octanol–water partition coefficient (Wildman–Crippen LogP) is 1.16. The molecule has 1 aromatic carbocycles. The van der Waals surface area contributed by atoms with E-state index >= 15 is 0 Å². The molecule has 2 aromatic rings. The highest BCUT2D eigenvalue weighted by molar-refractivity contribution is 5.93. The predicted molar refractivity (Wildman–Crippen MR) is 162 cm³/mol. The topological polar surface area (TPSA) is 117 Å². The highest BCUT2D eigenvalue weighted by atomic mass is 19.1. The van der Waals surface area contributed by atoms with Gasteiger partial charge in [-0.05, 0) is 71.2 Å². The number of halogens is 1. The second kappa shape index (κ2) is 11.3. The van der Waals surface area contributed by atoms with Crippen LogP contribution in [0.4, 0.5) is 21.6 Å². The number of carbonyl (C=O) groups excluding carboxylic acids is 1. The van der Waals surface area contributed by atoms with Gasteiger partial charge in [-0.3, -0.25) is 10.2 Å². The minimum absolute atomic E-state index is 0.216. The Hall–Kier alpha value is -3.47. The molecule has 1 amide bonds. The second-order valence-corrected chi connectivity index (χ2v) is 12.5. The number of likely N-dealkylation sites (N-methyl/N-ethyl adjacent to an activating group) is 1. The van der Waals surface area contributed by atoms with Gasteiger partial charge >= 0.3 is 6.01 Å². The average molecular weight is 580 g/mol. The van der Waals surface area contributed by atoms with Gasteiger partial charge in [0, 0.05) is 56.4 Å². The number of aromatic nitrogens is 2. The van der Waals surface area contributed by atoms with Gasteiger partial charge < -0.3 is 30.1 Å². The first-order valence-electron chi connectivity index (χ1n) is 15.3.